The van der Waals surface area contributed by atoms with Gasteiger partial charge < -0.3 is 4.90 Å². The number of nitrogens with zero attached hydrogens (tertiary/aromatic N) is 1. The van der Waals surface area contributed by atoms with E-state index in [4.69, 9.17) is 0 Å². The first-order valence-corrected chi connectivity index (χ1v) is 5.70. The van der Waals surface area contributed by atoms with Crippen molar-refractivity contribution >= 4 is 12.0 Å². The van der Waals surface area contributed by atoms with Gasteiger partial charge in [-0.1, -0.05) is 12.0 Å². The molecule has 1 saturated heterocycles. The van der Waals surface area contributed by atoms with Crippen molar-refractivity contribution in [2.24, 2.45) is 0 Å². The lowest BCUT2D eigenvalue weighted by atomic mass is 10.1. The lowest BCUT2D eigenvalue weighted by Crippen LogP contribution is -2.29. The molecule has 82 valence electrons. The summed E-state index contributed by atoms with van der Waals surface area (Å²) in [5, 5.41) is 0. The van der Waals surface area contributed by atoms with Gasteiger partial charge in [-0.3, -0.25) is 4.79 Å². The maximum atomic E-state index is 10.2. The molecular formula is C14H15NO. The third kappa shape index (κ3) is 2.64. The van der Waals surface area contributed by atoms with Gasteiger partial charge in [-0.2, -0.15) is 0 Å². The van der Waals surface area contributed by atoms with E-state index in [9.17, 15) is 4.79 Å². The Morgan fingerprint density at radius 2 is 2.00 bits per heavy atom. The Hall–Kier alpha value is -1.75. The van der Waals surface area contributed by atoms with Crippen LogP contribution in [0.1, 0.15) is 24.8 Å². The number of hydrogen-bond donors (Lipinski definition) is 0. The average molecular weight is 213 g/mol. The highest BCUT2D eigenvalue weighted by Crippen LogP contribution is 2.20. The van der Waals surface area contributed by atoms with Gasteiger partial charge >= 0.3 is 0 Å². The molecule has 1 aromatic carbocycles. The Morgan fingerprint density at radius 3 is 2.75 bits per heavy atom. The van der Waals surface area contributed by atoms with Crippen molar-refractivity contribution in [2.75, 3.05) is 18.0 Å². The molecule has 0 atom stereocenters. The summed E-state index contributed by atoms with van der Waals surface area (Å²) in [6.07, 6.45) is 4.50. The second-order valence-electron chi connectivity index (χ2n) is 3.99. The predicted molar refractivity (Wildman–Crippen MR) is 65.4 cm³/mol. The van der Waals surface area contributed by atoms with E-state index in [1.807, 2.05) is 12.1 Å². The first-order valence-electron chi connectivity index (χ1n) is 5.70. The fraction of sp³-hybridized carbons (Fsp3) is 0.357. The first-order chi connectivity index (χ1) is 7.90. The summed E-state index contributed by atoms with van der Waals surface area (Å²) in [6.45, 7) is 2.26. The zero-order chi connectivity index (χ0) is 11.2. The van der Waals surface area contributed by atoms with Crippen LogP contribution in [0.15, 0.2) is 24.3 Å². The van der Waals surface area contributed by atoms with Gasteiger partial charge in [0.15, 0.2) is 6.29 Å². The molecular weight excluding hydrogens is 198 g/mol. The second kappa shape index (κ2) is 5.37. The molecule has 0 saturated carbocycles. The number of hydrogen-bond acceptors (Lipinski definition) is 2. The Morgan fingerprint density at radius 1 is 1.19 bits per heavy atom. The van der Waals surface area contributed by atoms with Gasteiger partial charge in [-0.25, -0.2) is 0 Å². The standard InChI is InChI=1S/C14H15NO/c16-11-5-7-13-6-4-8-14(12-13)15-9-2-1-3-10-15/h4,6,8,11-12H,1-3,9-10H2. The second-order valence-corrected chi connectivity index (χ2v) is 3.99. The van der Waals surface area contributed by atoms with Crippen molar-refractivity contribution in [1.29, 1.82) is 0 Å². The van der Waals surface area contributed by atoms with Gasteiger partial charge in [0.05, 0.1) is 0 Å². The third-order valence-electron chi connectivity index (χ3n) is 2.84. The summed E-state index contributed by atoms with van der Waals surface area (Å²) in [4.78, 5) is 12.6. The molecule has 1 fully saturated rings. The topological polar surface area (TPSA) is 20.3 Å². The number of carbonyl (C=O) groups excluding carboxylic acids is 1. The SMILES string of the molecule is O=CC#Cc1cccc(N2CCCCC2)c1. The van der Waals surface area contributed by atoms with E-state index in [1.165, 1.54) is 24.9 Å². The normalized spacial score (nSPS) is 15.1. The Labute approximate surface area is 96.3 Å². The van der Waals surface area contributed by atoms with Crippen LogP contribution in [0.3, 0.4) is 0 Å². The first kappa shape index (κ1) is 10.8. The Kier molecular flexibility index (Phi) is 3.61. The fourth-order valence-corrected chi connectivity index (χ4v) is 2.05. The lowest BCUT2D eigenvalue weighted by molar-refractivity contribution is -0.103. The molecule has 1 aliphatic heterocycles. The van der Waals surface area contributed by atoms with E-state index in [0.29, 0.717) is 6.29 Å². The van der Waals surface area contributed by atoms with Gasteiger partial charge in [-0.05, 0) is 43.4 Å². The van der Waals surface area contributed by atoms with Crippen LogP contribution in [0.5, 0.6) is 0 Å². The number of carbonyl (C=O) groups is 1. The van der Waals surface area contributed by atoms with E-state index in [2.05, 4.69) is 28.9 Å². The monoisotopic (exact) mass is 213 g/mol. The van der Waals surface area contributed by atoms with Gasteiger partial charge in [-0.15, -0.1) is 0 Å². The predicted octanol–water partition coefficient (Wildman–Crippen LogP) is 2.23. The summed E-state index contributed by atoms with van der Waals surface area (Å²) in [5.74, 6) is 5.27. The van der Waals surface area contributed by atoms with Crippen LogP contribution in [0.4, 0.5) is 5.69 Å². The number of rotatable bonds is 1. The maximum Gasteiger partial charge on any atom is 0.193 e. The van der Waals surface area contributed by atoms with E-state index < -0.39 is 0 Å². The molecule has 0 unspecified atom stereocenters. The van der Waals surface area contributed by atoms with Crippen molar-refractivity contribution in [1.82, 2.24) is 0 Å². The minimum Gasteiger partial charge on any atom is -0.372 e. The van der Waals surface area contributed by atoms with Crippen molar-refractivity contribution in [2.45, 2.75) is 19.3 Å². The van der Waals surface area contributed by atoms with E-state index in [0.717, 1.165) is 18.7 Å². The molecule has 0 amide bonds. The van der Waals surface area contributed by atoms with Crippen LogP contribution in [0, 0.1) is 11.8 Å². The fourth-order valence-electron chi connectivity index (χ4n) is 2.05. The molecule has 0 bridgehead atoms. The summed E-state index contributed by atoms with van der Waals surface area (Å²) in [6, 6.07) is 8.10. The molecule has 0 aromatic heterocycles. The zero-order valence-electron chi connectivity index (χ0n) is 9.28. The Balaban J connectivity index is 2.17. The molecule has 1 aliphatic rings. The van der Waals surface area contributed by atoms with Gasteiger partial charge in [0.1, 0.15) is 0 Å². The van der Waals surface area contributed by atoms with Crippen LogP contribution in [-0.2, 0) is 4.79 Å². The molecule has 2 nitrogen and oxygen atoms in total. The molecule has 0 aliphatic carbocycles. The summed E-state index contributed by atoms with van der Waals surface area (Å²) < 4.78 is 0. The number of aldehydes is 1. The molecule has 0 N–H and O–H groups in total. The molecule has 0 spiro atoms. The summed E-state index contributed by atoms with van der Waals surface area (Å²) in [5.41, 5.74) is 2.13. The van der Waals surface area contributed by atoms with Crippen LogP contribution in [0.25, 0.3) is 0 Å². The molecule has 16 heavy (non-hydrogen) atoms. The van der Waals surface area contributed by atoms with Crippen LogP contribution < -0.4 is 4.90 Å². The van der Waals surface area contributed by atoms with Crippen molar-refractivity contribution < 1.29 is 4.79 Å². The smallest absolute Gasteiger partial charge is 0.193 e. The van der Waals surface area contributed by atoms with E-state index >= 15 is 0 Å². The lowest BCUT2D eigenvalue weighted by Gasteiger charge is -2.28. The number of anilines is 1. The van der Waals surface area contributed by atoms with Gasteiger partial charge in [0.25, 0.3) is 0 Å². The van der Waals surface area contributed by atoms with E-state index in [-0.39, 0.29) is 0 Å². The maximum absolute atomic E-state index is 10.2. The van der Waals surface area contributed by atoms with Crippen LogP contribution in [0.2, 0.25) is 0 Å². The molecule has 1 aromatic rings. The average Bonchev–Trinajstić information content (AvgIpc) is 2.38. The highest BCUT2D eigenvalue weighted by atomic mass is 16.1. The van der Waals surface area contributed by atoms with Crippen LogP contribution >= 0.6 is 0 Å². The minimum absolute atomic E-state index is 0.633. The summed E-state index contributed by atoms with van der Waals surface area (Å²) >= 11 is 0. The van der Waals surface area contributed by atoms with Crippen molar-refractivity contribution in [3.05, 3.63) is 29.8 Å². The molecule has 1 heterocycles. The highest BCUT2D eigenvalue weighted by Gasteiger charge is 2.10. The van der Waals surface area contributed by atoms with E-state index in [1.54, 1.807) is 0 Å². The third-order valence-corrected chi connectivity index (χ3v) is 2.84. The number of benzene rings is 1. The highest BCUT2D eigenvalue weighted by molar-refractivity contribution is 5.74. The van der Waals surface area contributed by atoms with Crippen molar-refractivity contribution in [3.8, 4) is 11.8 Å². The molecule has 2 heteroatoms. The minimum atomic E-state index is 0.633. The molecule has 0 radical (unpaired) electrons. The number of piperidine rings is 1. The van der Waals surface area contributed by atoms with Gasteiger partial charge in [0.2, 0.25) is 0 Å². The quantitative estimate of drug-likeness (QED) is 0.526. The van der Waals surface area contributed by atoms with Gasteiger partial charge in [0, 0.05) is 24.3 Å². The largest absolute Gasteiger partial charge is 0.372 e. The summed E-state index contributed by atoms with van der Waals surface area (Å²) in [7, 11) is 0. The molecule has 2 rings (SSSR count). The van der Waals surface area contributed by atoms with Crippen LogP contribution in [-0.4, -0.2) is 19.4 Å². The zero-order valence-corrected chi connectivity index (χ0v) is 9.28. The Bertz CT molecular complexity index is 422. The van der Waals surface area contributed by atoms with Crippen molar-refractivity contribution in [3.63, 3.8) is 0 Å².